The molecule has 4 aromatic carbocycles. The number of aromatic nitrogens is 4. The van der Waals surface area contributed by atoms with Crippen molar-refractivity contribution in [2.24, 2.45) is 0 Å². The van der Waals surface area contributed by atoms with Crippen LogP contribution in [0, 0.1) is 0 Å². The van der Waals surface area contributed by atoms with Crippen LogP contribution in [0.25, 0.3) is 90.9 Å². The van der Waals surface area contributed by atoms with Gasteiger partial charge in [-0.15, -0.1) is 22.1 Å². The summed E-state index contributed by atoms with van der Waals surface area (Å²) < 4.78 is 112. The molecule has 25 heteroatoms. The van der Waals surface area contributed by atoms with Gasteiger partial charge in [0.2, 0.25) is 23.6 Å². The molecule has 0 saturated carbocycles. The van der Waals surface area contributed by atoms with Crippen molar-refractivity contribution < 1.29 is 69.3 Å². The van der Waals surface area contributed by atoms with Gasteiger partial charge in [-0.25, -0.2) is 62.5 Å². The van der Waals surface area contributed by atoms with Crippen molar-refractivity contribution in [2.45, 2.75) is 47.3 Å². The number of nitrogens with zero attached hydrogens (tertiary/aromatic N) is 4. The number of nitrogens with one attached hydrogen (secondary N) is 4. The Morgan fingerprint density at radius 3 is 0.675 bits per heavy atom. The Hall–Kier alpha value is -8.35. The maximum atomic E-state index is 13.1. The quantitative estimate of drug-likeness (QED) is 0.104. The van der Waals surface area contributed by atoms with E-state index in [2.05, 4.69) is 0 Å². The minimum absolute atomic E-state index is 0. The molecule has 5 heterocycles. The van der Waals surface area contributed by atoms with Gasteiger partial charge in [0.1, 0.15) is 0 Å². The van der Waals surface area contributed by atoms with Crippen molar-refractivity contribution >= 4 is 110 Å². The maximum absolute atomic E-state index is 13.1. The van der Waals surface area contributed by atoms with E-state index in [4.69, 9.17) is 19.9 Å². The molecule has 8 bridgehead atoms. The second-order valence-electron chi connectivity index (χ2n) is 17.1. The van der Waals surface area contributed by atoms with Gasteiger partial charge in [0, 0.05) is 27.7 Å². The van der Waals surface area contributed by atoms with Crippen molar-refractivity contribution in [3.63, 3.8) is 0 Å². The summed E-state index contributed by atoms with van der Waals surface area (Å²) in [5.41, 5.74) is 6.09. The summed E-state index contributed by atoms with van der Waals surface area (Å²) in [6.07, 6.45) is 6.82. The van der Waals surface area contributed by atoms with Crippen LogP contribution in [0.5, 0.6) is 0 Å². The number of carbonyl (C=O) groups is 4. The smallest absolute Gasteiger partial charge is 0.657 e. The second kappa shape index (κ2) is 21.0. The molecule has 0 aliphatic carbocycles. The normalized spacial score (nSPS) is 12.3. The molecule has 394 valence electrons. The van der Waals surface area contributed by atoms with Crippen LogP contribution in [0.1, 0.15) is 50.5 Å². The number of fused-ring (bicyclic) bond motifs is 8. The van der Waals surface area contributed by atoms with E-state index in [1.54, 1.807) is 48.6 Å². The van der Waals surface area contributed by atoms with E-state index in [1.807, 2.05) is 18.9 Å². The third-order valence-corrected chi connectivity index (χ3v) is 17.3. The standard InChI is InChI=1S/C52H42N8O12S4.Ni/c1-29(61)57-73(65,66)37-13-5-33(6-14-37)49-41-21-23-43(53-41)50(34-7-15-38(16-8-34)74(67,68)58-30(2)62)45-25-27-47(55-45)52(36-11-19-40(20-12-36)76(71,72)60-32(4)64)48-28-26-46(56-48)51(44-24-22-42(49)54-44)35-9-17-39(18-10-35)75(69,70)59-31(3)63;/h5-28H,1-4H3,(H6,53,54,55,56,57,58,59,60,61,62,63,64);/q;+2/p-2. The number of amides is 4. The molecule has 0 fully saturated rings. The van der Waals surface area contributed by atoms with Crippen LogP contribution in [-0.4, -0.2) is 67.3 Å². The molecule has 7 aromatic rings. The molecule has 77 heavy (non-hydrogen) atoms. The van der Waals surface area contributed by atoms with Crippen molar-refractivity contribution in [3.05, 3.63) is 144 Å². The average Bonchev–Trinajstić information content (AvgIpc) is 4.24. The Labute approximate surface area is 451 Å². The van der Waals surface area contributed by atoms with Gasteiger partial charge in [-0.05, 0) is 117 Å². The fourth-order valence-corrected chi connectivity index (χ4v) is 12.4. The molecule has 0 saturated heterocycles. The SMILES string of the molecule is CC(=O)NS(=O)(=O)c1ccc(-c2c3nc(c(-c4ccc(S(=O)(=O)NC(C)=O)cc4)c4ccc([n-]4)c(-c4ccc(S(=O)(=O)NC(C)=O)cc4)c4nc(c(-c5ccc(S(=O)(=O)NC(C)=O)cc5)c5ccc2[n-]5)C=C4)C=C3)cc1.[Ni+2]. The number of hydrogen-bond donors (Lipinski definition) is 4. The Morgan fingerprint density at radius 2 is 0.506 bits per heavy atom. The average molecular weight is 1160 g/mol. The first kappa shape index (κ1) is 54.9. The van der Waals surface area contributed by atoms with Crippen LogP contribution in [0.3, 0.4) is 0 Å². The van der Waals surface area contributed by atoms with E-state index in [0.717, 1.165) is 27.7 Å². The van der Waals surface area contributed by atoms with Gasteiger partial charge in [-0.2, -0.15) is 0 Å². The van der Waals surface area contributed by atoms with E-state index in [1.165, 1.54) is 97.1 Å². The largest absolute Gasteiger partial charge is 2.00 e. The molecule has 0 spiro atoms. The molecule has 2 aliphatic heterocycles. The molecular formula is C52H40N8NiO12S4. The summed E-state index contributed by atoms with van der Waals surface area (Å²) in [4.78, 5) is 66.8. The summed E-state index contributed by atoms with van der Waals surface area (Å²) in [5, 5.41) is 0. The summed E-state index contributed by atoms with van der Waals surface area (Å²) >= 11 is 0. The number of sulfonamides is 4. The summed E-state index contributed by atoms with van der Waals surface area (Å²) in [5.74, 6) is -3.15. The predicted molar refractivity (Wildman–Crippen MR) is 283 cm³/mol. The minimum atomic E-state index is -4.24. The Kier molecular flexibility index (Phi) is 15.0. The number of rotatable bonds is 12. The van der Waals surface area contributed by atoms with Gasteiger partial charge in [0.05, 0.1) is 42.4 Å². The molecule has 2 aliphatic rings. The fourth-order valence-electron chi connectivity index (χ4n) is 8.47. The summed E-state index contributed by atoms with van der Waals surface area (Å²) in [6, 6.07) is 29.6. The van der Waals surface area contributed by atoms with Crippen LogP contribution in [-0.2, 0) is 75.8 Å². The zero-order chi connectivity index (χ0) is 54.5. The van der Waals surface area contributed by atoms with Gasteiger partial charge in [-0.1, -0.05) is 72.8 Å². The van der Waals surface area contributed by atoms with Crippen LogP contribution in [0.15, 0.2) is 141 Å². The third kappa shape index (κ3) is 11.4. The Morgan fingerprint density at radius 1 is 0.325 bits per heavy atom. The van der Waals surface area contributed by atoms with Gasteiger partial charge >= 0.3 is 16.5 Å². The van der Waals surface area contributed by atoms with Crippen molar-refractivity contribution in [3.8, 4) is 44.5 Å². The molecule has 0 radical (unpaired) electrons. The number of hydrogen-bond acceptors (Lipinski definition) is 14. The van der Waals surface area contributed by atoms with Crippen molar-refractivity contribution in [1.29, 1.82) is 0 Å². The van der Waals surface area contributed by atoms with Crippen molar-refractivity contribution in [1.82, 2.24) is 38.8 Å². The van der Waals surface area contributed by atoms with E-state index in [-0.39, 0.29) is 36.1 Å². The van der Waals surface area contributed by atoms with E-state index in [9.17, 15) is 52.8 Å². The van der Waals surface area contributed by atoms with Gasteiger partial charge in [0.25, 0.3) is 40.1 Å². The first-order valence-electron chi connectivity index (χ1n) is 22.5. The molecule has 4 amide bonds. The van der Waals surface area contributed by atoms with E-state index >= 15 is 0 Å². The third-order valence-electron chi connectivity index (χ3n) is 11.5. The summed E-state index contributed by atoms with van der Waals surface area (Å²) in [7, 11) is -17.0. The Balaban J connectivity index is 0.00000784. The number of carbonyl (C=O) groups excluding carboxylic acids is 4. The van der Waals surface area contributed by atoms with Crippen LogP contribution >= 0.6 is 0 Å². The van der Waals surface area contributed by atoms with Gasteiger partial charge in [-0.3, -0.25) is 19.2 Å². The Bertz CT molecular complexity index is 3780. The predicted octanol–water partition coefficient (Wildman–Crippen LogP) is 5.88. The minimum Gasteiger partial charge on any atom is -0.657 e. The zero-order valence-electron chi connectivity index (χ0n) is 40.5. The molecule has 4 N–H and O–H groups in total. The molecule has 0 atom stereocenters. The van der Waals surface area contributed by atoms with Gasteiger partial charge in [0.15, 0.2) is 0 Å². The number of benzene rings is 4. The van der Waals surface area contributed by atoms with Gasteiger partial charge < -0.3 is 9.97 Å². The molecule has 9 rings (SSSR count). The van der Waals surface area contributed by atoms with E-state index in [0.29, 0.717) is 89.4 Å². The second-order valence-corrected chi connectivity index (χ2v) is 23.8. The van der Waals surface area contributed by atoms with Crippen LogP contribution in [0.4, 0.5) is 0 Å². The first-order chi connectivity index (χ1) is 35.9. The summed E-state index contributed by atoms with van der Waals surface area (Å²) in [6.45, 7) is 4.28. The topological polar surface area (TPSA) is 307 Å². The zero-order valence-corrected chi connectivity index (χ0v) is 44.7. The fraction of sp³-hybridized carbons (Fsp3) is 0.0769. The maximum Gasteiger partial charge on any atom is 2.00 e. The first-order valence-corrected chi connectivity index (χ1v) is 28.4. The molecular weight excluding hydrogens is 1120 g/mol. The van der Waals surface area contributed by atoms with Crippen LogP contribution < -0.4 is 28.9 Å². The molecule has 0 unspecified atom stereocenters. The molecule has 20 nitrogen and oxygen atoms in total. The molecule has 3 aromatic heterocycles. The monoisotopic (exact) mass is 1150 g/mol. The van der Waals surface area contributed by atoms with Crippen LogP contribution in [0.2, 0.25) is 0 Å². The van der Waals surface area contributed by atoms with Crippen molar-refractivity contribution in [2.75, 3.05) is 0 Å². The van der Waals surface area contributed by atoms with E-state index < -0.39 is 63.7 Å².